The van der Waals surface area contributed by atoms with E-state index >= 15 is 0 Å². The first kappa shape index (κ1) is 14.5. The molecule has 2 aliphatic rings. The molecule has 5 heteroatoms. The van der Waals surface area contributed by atoms with Crippen LogP contribution < -0.4 is 5.32 Å². The number of rotatable bonds is 3. The number of nitrogens with zero attached hydrogens (tertiary/aromatic N) is 1. The van der Waals surface area contributed by atoms with Crippen molar-refractivity contribution in [2.45, 2.75) is 57.7 Å². The van der Waals surface area contributed by atoms with Crippen molar-refractivity contribution in [3.05, 3.63) is 0 Å². The third-order valence-electron chi connectivity index (χ3n) is 4.15. The van der Waals surface area contributed by atoms with Crippen molar-refractivity contribution >= 4 is 11.8 Å². The summed E-state index contributed by atoms with van der Waals surface area (Å²) in [6.07, 6.45) is 3.22. The molecule has 0 aromatic carbocycles. The average Bonchev–Trinajstić information content (AvgIpc) is 2.40. The highest BCUT2D eigenvalue weighted by molar-refractivity contribution is 6.00. The van der Waals surface area contributed by atoms with Gasteiger partial charge in [-0.3, -0.25) is 14.5 Å². The van der Waals surface area contributed by atoms with Gasteiger partial charge in [0.1, 0.15) is 0 Å². The van der Waals surface area contributed by atoms with Crippen LogP contribution in [0.2, 0.25) is 0 Å². The van der Waals surface area contributed by atoms with Crippen molar-refractivity contribution in [1.82, 2.24) is 10.2 Å². The van der Waals surface area contributed by atoms with E-state index in [9.17, 15) is 9.59 Å². The van der Waals surface area contributed by atoms with Crippen LogP contribution in [-0.2, 0) is 14.3 Å². The predicted molar refractivity (Wildman–Crippen MR) is 71.5 cm³/mol. The number of imide groups is 1. The number of hydrogen-bond acceptors (Lipinski definition) is 4. The molecule has 0 spiro atoms. The van der Waals surface area contributed by atoms with Gasteiger partial charge < -0.3 is 10.1 Å². The SMILES string of the molecule is CC(C)C1CC(NC2CCC(=O)N(C)C2=O)CCO1. The zero-order valence-electron chi connectivity index (χ0n) is 12.0. The zero-order chi connectivity index (χ0) is 14.0. The lowest BCUT2D eigenvalue weighted by molar-refractivity contribution is -0.148. The molecule has 2 saturated heterocycles. The molecule has 0 aliphatic carbocycles. The van der Waals surface area contributed by atoms with Gasteiger partial charge >= 0.3 is 0 Å². The molecule has 2 fully saturated rings. The number of carbonyl (C=O) groups excluding carboxylic acids is 2. The Bertz CT molecular complexity index is 357. The van der Waals surface area contributed by atoms with Crippen LogP contribution in [0, 0.1) is 5.92 Å². The van der Waals surface area contributed by atoms with Gasteiger partial charge in [-0.05, 0) is 25.2 Å². The first-order chi connectivity index (χ1) is 8.99. The van der Waals surface area contributed by atoms with E-state index in [1.165, 1.54) is 4.90 Å². The summed E-state index contributed by atoms with van der Waals surface area (Å²) in [5.74, 6) is 0.329. The highest BCUT2D eigenvalue weighted by Gasteiger charge is 2.34. The summed E-state index contributed by atoms with van der Waals surface area (Å²) in [5, 5.41) is 3.42. The Hall–Kier alpha value is -0.940. The molecule has 0 radical (unpaired) electrons. The Labute approximate surface area is 114 Å². The van der Waals surface area contributed by atoms with Crippen molar-refractivity contribution in [3.8, 4) is 0 Å². The van der Waals surface area contributed by atoms with Gasteiger partial charge in [0.2, 0.25) is 11.8 Å². The molecule has 0 bridgehead atoms. The highest BCUT2D eigenvalue weighted by Crippen LogP contribution is 2.22. The number of piperidine rings is 1. The molecular formula is C14H24N2O3. The third-order valence-corrected chi connectivity index (χ3v) is 4.15. The fourth-order valence-electron chi connectivity index (χ4n) is 2.80. The molecule has 108 valence electrons. The molecule has 3 atom stereocenters. The number of ether oxygens (including phenoxy) is 1. The summed E-state index contributed by atoms with van der Waals surface area (Å²) in [4.78, 5) is 24.7. The second-order valence-corrected chi connectivity index (χ2v) is 5.92. The summed E-state index contributed by atoms with van der Waals surface area (Å²) >= 11 is 0. The molecule has 0 aromatic heterocycles. The van der Waals surface area contributed by atoms with Gasteiger partial charge in [0.15, 0.2) is 0 Å². The molecule has 5 nitrogen and oxygen atoms in total. The summed E-state index contributed by atoms with van der Waals surface area (Å²) in [6, 6.07) is 0.107. The first-order valence-corrected chi connectivity index (χ1v) is 7.17. The van der Waals surface area contributed by atoms with Gasteiger partial charge in [0.05, 0.1) is 12.1 Å². The Morgan fingerprint density at radius 3 is 2.74 bits per heavy atom. The fraction of sp³-hybridized carbons (Fsp3) is 0.857. The molecule has 2 rings (SSSR count). The maximum Gasteiger partial charge on any atom is 0.246 e. The van der Waals surface area contributed by atoms with Gasteiger partial charge in [-0.15, -0.1) is 0 Å². The maximum absolute atomic E-state index is 12.0. The lowest BCUT2D eigenvalue weighted by Gasteiger charge is -2.36. The van der Waals surface area contributed by atoms with Crippen molar-refractivity contribution in [3.63, 3.8) is 0 Å². The minimum atomic E-state index is -0.210. The van der Waals surface area contributed by atoms with Gasteiger partial charge in [-0.25, -0.2) is 0 Å². The van der Waals surface area contributed by atoms with Crippen LogP contribution in [0.1, 0.15) is 39.5 Å². The van der Waals surface area contributed by atoms with Crippen LogP contribution >= 0.6 is 0 Å². The van der Waals surface area contributed by atoms with E-state index in [4.69, 9.17) is 4.74 Å². The molecule has 0 aromatic rings. The van der Waals surface area contributed by atoms with Gasteiger partial charge in [-0.2, -0.15) is 0 Å². The highest BCUT2D eigenvalue weighted by atomic mass is 16.5. The third kappa shape index (κ3) is 3.34. The van der Waals surface area contributed by atoms with Crippen molar-refractivity contribution in [1.29, 1.82) is 0 Å². The second-order valence-electron chi connectivity index (χ2n) is 5.92. The summed E-state index contributed by atoms with van der Waals surface area (Å²) in [6.45, 7) is 5.06. The number of likely N-dealkylation sites (tertiary alicyclic amines) is 1. The van der Waals surface area contributed by atoms with Crippen LogP contribution in [0.4, 0.5) is 0 Å². The Morgan fingerprint density at radius 1 is 1.32 bits per heavy atom. The Kier molecular flexibility index (Phi) is 4.58. The molecule has 19 heavy (non-hydrogen) atoms. The normalized spacial score (nSPS) is 33.1. The number of nitrogens with one attached hydrogen (secondary N) is 1. The average molecular weight is 268 g/mol. The van der Waals surface area contributed by atoms with Crippen molar-refractivity contribution in [2.75, 3.05) is 13.7 Å². The van der Waals surface area contributed by atoms with E-state index < -0.39 is 0 Å². The topological polar surface area (TPSA) is 58.6 Å². The lowest BCUT2D eigenvalue weighted by Crippen LogP contribution is -2.55. The van der Waals surface area contributed by atoms with Gasteiger partial charge in [0, 0.05) is 26.1 Å². The van der Waals surface area contributed by atoms with E-state index in [1.807, 2.05) is 0 Å². The maximum atomic E-state index is 12.0. The van der Waals surface area contributed by atoms with Crippen molar-refractivity contribution in [2.24, 2.45) is 5.92 Å². The molecule has 2 heterocycles. The second kappa shape index (κ2) is 6.01. The molecule has 3 unspecified atom stereocenters. The zero-order valence-corrected chi connectivity index (χ0v) is 12.0. The van der Waals surface area contributed by atoms with Crippen LogP contribution in [0.25, 0.3) is 0 Å². The van der Waals surface area contributed by atoms with Crippen LogP contribution in [0.5, 0.6) is 0 Å². The molecule has 1 N–H and O–H groups in total. The smallest absolute Gasteiger partial charge is 0.246 e. The molecule has 2 aliphatic heterocycles. The lowest BCUT2D eigenvalue weighted by atomic mass is 9.94. The summed E-state index contributed by atoms with van der Waals surface area (Å²) in [7, 11) is 1.57. The monoisotopic (exact) mass is 268 g/mol. The van der Waals surface area contributed by atoms with E-state index in [2.05, 4.69) is 19.2 Å². The minimum absolute atomic E-state index is 0.0740. The van der Waals surface area contributed by atoms with Gasteiger partial charge in [-0.1, -0.05) is 13.8 Å². The van der Waals surface area contributed by atoms with E-state index in [1.54, 1.807) is 7.05 Å². The van der Waals surface area contributed by atoms with Gasteiger partial charge in [0.25, 0.3) is 0 Å². The Morgan fingerprint density at radius 2 is 2.05 bits per heavy atom. The van der Waals surface area contributed by atoms with Crippen LogP contribution in [0.15, 0.2) is 0 Å². The van der Waals surface area contributed by atoms with Crippen molar-refractivity contribution < 1.29 is 14.3 Å². The van der Waals surface area contributed by atoms with E-state index in [-0.39, 0.29) is 24.0 Å². The fourth-order valence-corrected chi connectivity index (χ4v) is 2.80. The summed E-state index contributed by atoms with van der Waals surface area (Å²) in [5.41, 5.74) is 0. The minimum Gasteiger partial charge on any atom is -0.378 e. The first-order valence-electron chi connectivity index (χ1n) is 7.17. The summed E-state index contributed by atoms with van der Waals surface area (Å²) < 4.78 is 5.73. The van der Waals surface area contributed by atoms with E-state index in [0.29, 0.717) is 24.8 Å². The predicted octanol–water partition coefficient (Wildman–Crippen LogP) is 0.927. The quantitative estimate of drug-likeness (QED) is 0.774. The largest absolute Gasteiger partial charge is 0.378 e. The number of likely N-dealkylation sites (N-methyl/N-ethyl adjacent to an activating group) is 1. The molecule has 0 saturated carbocycles. The Balaban J connectivity index is 1.90. The molecule has 2 amide bonds. The number of carbonyl (C=O) groups is 2. The van der Waals surface area contributed by atoms with Crippen LogP contribution in [-0.4, -0.2) is 48.6 Å². The van der Waals surface area contributed by atoms with Crippen LogP contribution in [0.3, 0.4) is 0 Å². The standard InChI is InChI=1S/C14H24N2O3/c1-9(2)12-8-10(6-7-19-12)15-11-4-5-13(17)16(3)14(11)18/h9-12,15H,4-8H2,1-3H3. The van der Waals surface area contributed by atoms with E-state index in [0.717, 1.165) is 19.4 Å². The number of amides is 2. The molecular weight excluding hydrogens is 244 g/mol. The number of hydrogen-bond donors (Lipinski definition) is 1.